The molecule has 1 aliphatic rings. The SMILES string of the molecule is Cc1cc(C)c(S(=O)(=O)N2CCOC(CN)C2)c(C)c1.Cl. The Morgan fingerprint density at radius 3 is 2.38 bits per heavy atom. The van der Waals surface area contributed by atoms with E-state index in [0.29, 0.717) is 31.1 Å². The van der Waals surface area contributed by atoms with Gasteiger partial charge in [0.05, 0.1) is 17.6 Å². The molecule has 120 valence electrons. The van der Waals surface area contributed by atoms with Crippen molar-refractivity contribution >= 4 is 22.4 Å². The quantitative estimate of drug-likeness (QED) is 0.906. The van der Waals surface area contributed by atoms with Gasteiger partial charge >= 0.3 is 0 Å². The molecule has 1 atom stereocenters. The number of aryl methyl sites for hydroxylation is 3. The monoisotopic (exact) mass is 334 g/mol. The van der Waals surface area contributed by atoms with Gasteiger partial charge in [0.1, 0.15) is 0 Å². The Labute approximate surface area is 132 Å². The van der Waals surface area contributed by atoms with Gasteiger partial charge < -0.3 is 10.5 Å². The van der Waals surface area contributed by atoms with Crippen molar-refractivity contribution < 1.29 is 13.2 Å². The van der Waals surface area contributed by atoms with E-state index in [-0.39, 0.29) is 18.5 Å². The maximum absolute atomic E-state index is 12.8. The smallest absolute Gasteiger partial charge is 0.243 e. The van der Waals surface area contributed by atoms with Crippen LogP contribution in [0.2, 0.25) is 0 Å². The third-order valence-corrected chi connectivity index (χ3v) is 5.74. The van der Waals surface area contributed by atoms with Crippen LogP contribution in [-0.2, 0) is 14.8 Å². The molecule has 1 unspecified atom stereocenters. The average molecular weight is 335 g/mol. The van der Waals surface area contributed by atoms with Crippen molar-refractivity contribution in [3.8, 4) is 0 Å². The number of halogens is 1. The number of sulfonamides is 1. The van der Waals surface area contributed by atoms with Gasteiger partial charge in [0.2, 0.25) is 10.0 Å². The number of nitrogens with zero attached hydrogens (tertiary/aromatic N) is 1. The maximum Gasteiger partial charge on any atom is 0.243 e. The first-order valence-corrected chi connectivity index (χ1v) is 8.20. The molecular formula is C14H23ClN2O3S. The molecule has 0 aromatic heterocycles. The fraction of sp³-hybridized carbons (Fsp3) is 0.571. The fourth-order valence-corrected chi connectivity index (χ4v) is 4.62. The van der Waals surface area contributed by atoms with Gasteiger partial charge in [0.25, 0.3) is 0 Å². The lowest BCUT2D eigenvalue weighted by Crippen LogP contribution is -2.48. The summed E-state index contributed by atoms with van der Waals surface area (Å²) < 4.78 is 32.6. The molecule has 0 radical (unpaired) electrons. The van der Waals surface area contributed by atoms with Gasteiger partial charge in [-0.3, -0.25) is 0 Å². The zero-order valence-electron chi connectivity index (χ0n) is 12.6. The van der Waals surface area contributed by atoms with E-state index >= 15 is 0 Å². The second-order valence-electron chi connectivity index (χ2n) is 5.32. The Bertz CT molecular complexity index is 581. The highest BCUT2D eigenvalue weighted by Gasteiger charge is 2.32. The molecule has 1 aromatic carbocycles. The topological polar surface area (TPSA) is 72.6 Å². The van der Waals surface area contributed by atoms with E-state index in [1.54, 1.807) is 0 Å². The van der Waals surface area contributed by atoms with Gasteiger partial charge in [0, 0.05) is 19.6 Å². The zero-order valence-corrected chi connectivity index (χ0v) is 14.3. The van der Waals surface area contributed by atoms with Gasteiger partial charge in [-0.15, -0.1) is 12.4 Å². The highest BCUT2D eigenvalue weighted by Crippen LogP contribution is 2.26. The third-order valence-electron chi connectivity index (χ3n) is 3.57. The molecule has 7 heteroatoms. The molecule has 0 aliphatic carbocycles. The first-order valence-electron chi connectivity index (χ1n) is 6.76. The van der Waals surface area contributed by atoms with Crippen molar-refractivity contribution in [3.63, 3.8) is 0 Å². The number of morpholine rings is 1. The molecule has 21 heavy (non-hydrogen) atoms. The lowest BCUT2D eigenvalue weighted by Gasteiger charge is -2.32. The third kappa shape index (κ3) is 3.76. The van der Waals surface area contributed by atoms with E-state index < -0.39 is 10.0 Å². The first kappa shape index (κ1) is 18.4. The van der Waals surface area contributed by atoms with Crippen LogP contribution >= 0.6 is 12.4 Å². The lowest BCUT2D eigenvalue weighted by molar-refractivity contribution is 0.00448. The molecule has 0 saturated carbocycles. The van der Waals surface area contributed by atoms with E-state index in [0.717, 1.165) is 16.7 Å². The second kappa shape index (κ2) is 7.07. The van der Waals surface area contributed by atoms with Crippen LogP contribution in [0, 0.1) is 20.8 Å². The number of rotatable bonds is 3. The van der Waals surface area contributed by atoms with Crippen molar-refractivity contribution in [1.82, 2.24) is 4.31 Å². The van der Waals surface area contributed by atoms with Crippen LogP contribution < -0.4 is 5.73 Å². The summed E-state index contributed by atoms with van der Waals surface area (Å²) in [6, 6.07) is 3.81. The van der Waals surface area contributed by atoms with Crippen LogP contribution in [0.5, 0.6) is 0 Å². The summed E-state index contributed by atoms with van der Waals surface area (Å²) in [5, 5.41) is 0. The van der Waals surface area contributed by atoms with Gasteiger partial charge in [-0.05, 0) is 31.9 Å². The summed E-state index contributed by atoms with van der Waals surface area (Å²) in [5.41, 5.74) is 8.23. The molecule has 0 bridgehead atoms. The van der Waals surface area contributed by atoms with Crippen molar-refractivity contribution in [1.29, 1.82) is 0 Å². The van der Waals surface area contributed by atoms with E-state index in [1.165, 1.54) is 4.31 Å². The molecule has 1 fully saturated rings. The summed E-state index contributed by atoms with van der Waals surface area (Å²) in [4.78, 5) is 0.417. The summed E-state index contributed by atoms with van der Waals surface area (Å²) in [7, 11) is -3.49. The molecule has 1 aromatic rings. The number of nitrogens with two attached hydrogens (primary N) is 1. The Kier molecular flexibility index (Phi) is 6.19. The molecule has 5 nitrogen and oxygen atoms in total. The molecule has 1 saturated heterocycles. The normalized spacial score (nSPS) is 20.1. The minimum Gasteiger partial charge on any atom is -0.374 e. The van der Waals surface area contributed by atoms with Crippen LogP contribution in [0.3, 0.4) is 0 Å². The van der Waals surface area contributed by atoms with E-state index in [1.807, 2.05) is 32.9 Å². The summed E-state index contributed by atoms with van der Waals surface area (Å²) in [6.07, 6.45) is -0.218. The number of hydrogen-bond donors (Lipinski definition) is 1. The van der Waals surface area contributed by atoms with Gasteiger partial charge in [-0.1, -0.05) is 17.7 Å². The highest BCUT2D eigenvalue weighted by atomic mass is 35.5. The summed E-state index contributed by atoms with van der Waals surface area (Å²) in [6.45, 7) is 7.08. The Morgan fingerprint density at radius 2 is 1.86 bits per heavy atom. The Hall–Kier alpha value is -0.660. The number of hydrogen-bond acceptors (Lipinski definition) is 4. The first-order chi connectivity index (χ1) is 9.36. The van der Waals surface area contributed by atoms with Crippen LogP contribution in [0.1, 0.15) is 16.7 Å². The van der Waals surface area contributed by atoms with E-state index in [4.69, 9.17) is 10.5 Å². The molecule has 1 aliphatic heterocycles. The van der Waals surface area contributed by atoms with Crippen LogP contribution in [0.25, 0.3) is 0 Å². The average Bonchev–Trinajstić information content (AvgIpc) is 2.37. The molecule has 0 spiro atoms. The molecule has 0 amide bonds. The minimum atomic E-state index is -3.49. The van der Waals surface area contributed by atoms with Gasteiger partial charge in [0.15, 0.2) is 0 Å². The highest BCUT2D eigenvalue weighted by molar-refractivity contribution is 7.89. The maximum atomic E-state index is 12.8. The fourth-order valence-electron chi connectivity index (χ4n) is 2.76. The molecule has 1 heterocycles. The van der Waals surface area contributed by atoms with Crippen molar-refractivity contribution in [2.45, 2.75) is 31.8 Å². The van der Waals surface area contributed by atoms with E-state index in [2.05, 4.69) is 0 Å². The lowest BCUT2D eigenvalue weighted by atomic mass is 10.1. The Balaban J connectivity index is 0.00000220. The van der Waals surface area contributed by atoms with Crippen LogP contribution in [-0.4, -0.2) is 45.1 Å². The number of benzene rings is 1. The standard InChI is InChI=1S/C14H22N2O3S.ClH/c1-10-6-11(2)14(12(3)7-10)20(17,18)16-4-5-19-13(8-15)9-16;/h6-7,13H,4-5,8-9,15H2,1-3H3;1H. The molecule has 2 rings (SSSR count). The number of ether oxygens (including phenoxy) is 1. The van der Waals surface area contributed by atoms with Crippen molar-refractivity contribution in [2.24, 2.45) is 5.73 Å². The Morgan fingerprint density at radius 1 is 1.29 bits per heavy atom. The largest absolute Gasteiger partial charge is 0.374 e. The minimum absolute atomic E-state index is 0. The molecular weight excluding hydrogens is 312 g/mol. The molecule has 2 N–H and O–H groups in total. The zero-order chi connectivity index (χ0) is 14.9. The van der Waals surface area contributed by atoms with Crippen molar-refractivity contribution in [3.05, 3.63) is 28.8 Å². The summed E-state index contributed by atoms with van der Waals surface area (Å²) in [5.74, 6) is 0. The van der Waals surface area contributed by atoms with Gasteiger partial charge in [-0.25, -0.2) is 8.42 Å². The van der Waals surface area contributed by atoms with Crippen LogP contribution in [0.4, 0.5) is 0 Å². The predicted molar refractivity (Wildman–Crippen MR) is 85.5 cm³/mol. The predicted octanol–water partition coefficient (Wildman–Crippen LogP) is 1.38. The van der Waals surface area contributed by atoms with E-state index in [9.17, 15) is 8.42 Å². The van der Waals surface area contributed by atoms with Crippen molar-refractivity contribution in [2.75, 3.05) is 26.2 Å². The van der Waals surface area contributed by atoms with Gasteiger partial charge in [-0.2, -0.15) is 4.31 Å². The van der Waals surface area contributed by atoms with Crippen LogP contribution in [0.15, 0.2) is 17.0 Å². The summed E-state index contributed by atoms with van der Waals surface area (Å²) >= 11 is 0. The second-order valence-corrected chi connectivity index (χ2v) is 7.19.